The smallest absolute Gasteiger partial charge is 0.133 e. The normalized spacial score (nSPS) is 12.4. The lowest BCUT2D eigenvalue weighted by Crippen LogP contribution is -2.15. The molecule has 95 valence electrons. The zero-order valence-electron chi connectivity index (χ0n) is 10.1. The van der Waals surface area contributed by atoms with E-state index in [0.717, 1.165) is 16.9 Å². The zero-order chi connectivity index (χ0) is 13.0. The Morgan fingerprint density at radius 3 is 2.94 bits per heavy atom. The fraction of sp³-hybridized carbons (Fsp3) is 0.286. The first kappa shape index (κ1) is 12.7. The molecule has 0 fully saturated rings. The summed E-state index contributed by atoms with van der Waals surface area (Å²) < 4.78 is 10.5. The standard InChI is InChI=1S/C14H15O4/c1-17-13-5-4-10(14-3-2-6-18-14)7-11(13)8-12(16)9-15/h2-4,6-7,12,15-16H,8-9H2,1H3. The Labute approximate surface area is 105 Å². The van der Waals surface area contributed by atoms with E-state index in [4.69, 9.17) is 14.3 Å². The van der Waals surface area contributed by atoms with E-state index in [-0.39, 0.29) is 6.61 Å². The van der Waals surface area contributed by atoms with E-state index in [1.807, 2.05) is 18.2 Å². The van der Waals surface area contributed by atoms with Gasteiger partial charge >= 0.3 is 0 Å². The van der Waals surface area contributed by atoms with Gasteiger partial charge in [-0.25, -0.2) is 0 Å². The molecule has 0 aliphatic carbocycles. The molecule has 4 heteroatoms. The molecule has 18 heavy (non-hydrogen) atoms. The maximum Gasteiger partial charge on any atom is 0.133 e. The van der Waals surface area contributed by atoms with Gasteiger partial charge < -0.3 is 19.4 Å². The van der Waals surface area contributed by atoms with Gasteiger partial charge in [0.2, 0.25) is 0 Å². The molecule has 0 amide bonds. The Hall–Kier alpha value is -1.78. The van der Waals surface area contributed by atoms with Gasteiger partial charge in [-0.3, -0.25) is 0 Å². The number of rotatable bonds is 5. The largest absolute Gasteiger partial charge is 0.496 e. The summed E-state index contributed by atoms with van der Waals surface area (Å²) in [5, 5.41) is 18.4. The molecule has 2 N–H and O–H groups in total. The Morgan fingerprint density at radius 2 is 2.33 bits per heavy atom. The highest BCUT2D eigenvalue weighted by Gasteiger charge is 2.11. The van der Waals surface area contributed by atoms with Gasteiger partial charge in [0.05, 0.1) is 26.1 Å². The van der Waals surface area contributed by atoms with Crippen molar-refractivity contribution >= 4 is 0 Å². The van der Waals surface area contributed by atoms with E-state index in [9.17, 15) is 5.11 Å². The van der Waals surface area contributed by atoms with E-state index >= 15 is 0 Å². The molecule has 0 bridgehead atoms. The fourth-order valence-corrected chi connectivity index (χ4v) is 1.78. The summed E-state index contributed by atoms with van der Waals surface area (Å²) in [6.45, 7) is -0.284. The van der Waals surface area contributed by atoms with Crippen LogP contribution < -0.4 is 4.74 Å². The first-order chi connectivity index (χ1) is 8.74. The topological polar surface area (TPSA) is 62.8 Å². The third-order valence-corrected chi connectivity index (χ3v) is 2.66. The van der Waals surface area contributed by atoms with Crippen molar-refractivity contribution < 1.29 is 19.4 Å². The lowest BCUT2D eigenvalue weighted by atomic mass is 10.0. The average Bonchev–Trinajstić information content (AvgIpc) is 2.92. The molecule has 1 heterocycles. The van der Waals surface area contributed by atoms with Crippen LogP contribution in [0, 0.1) is 6.07 Å². The van der Waals surface area contributed by atoms with Gasteiger partial charge in [0.1, 0.15) is 11.5 Å². The summed E-state index contributed by atoms with van der Waals surface area (Å²) in [7, 11) is 1.55. The Bertz CT molecular complexity index is 491. The first-order valence-corrected chi connectivity index (χ1v) is 5.66. The maximum atomic E-state index is 9.51. The van der Waals surface area contributed by atoms with Crippen molar-refractivity contribution in [3.8, 4) is 17.1 Å². The summed E-state index contributed by atoms with van der Waals surface area (Å²) in [5.74, 6) is 1.30. The molecule has 0 saturated carbocycles. The summed E-state index contributed by atoms with van der Waals surface area (Å²) in [6.07, 6.45) is 1.10. The first-order valence-electron chi connectivity index (χ1n) is 5.66. The maximum absolute atomic E-state index is 9.51. The number of furan rings is 1. The number of ether oxygens (including phenoxy) is 1. The van der Waals surface area contributed by atoms with Gasteiger partial charge in [-0.15, -0.1) is 0 Å². The predicted molar refractivity (Wildman–Crippen MR) is 66.3 cm³/mol. The van der Waals surface area contributed by atoms with Gasteiger partial charge in [0, 0.05) is 18.1 Å². The van der Waals surface area contributed by atoms with Crippen molar-refractivity contribution in [2.24, 2.45) is 0 Å². The van der Waals surface area contributed by atoms with Gasteiger partial charge in [0.15, 0.2) is 0 Å². The number of hydrogen-bond acceptors (Lipinski definition) is 4. The van der Waals surface area contributed by atoms with Crippen LogP contribution in [0.3, 0.4) is 0 Å². The minimum absolute atomic E-state index is 0.284. The quantitative estimate of drug-likeness (QED) is 0.843. The van der Waals surface area contributed by atoms with Crippen LogP contribution in [0.15, 0.2) is 34.9 Å². The average molecular weight is 247 g/mol. The van der Waals surface area contributed by atoms with Crippen LogP contribution in [0.5, 0.6) is 5.75 Å². The van der Waals surface area contributed by atoms with E-state index in [2.05, 4.69) is 6.07 Å². The lowest BCUT2D eigenvalue weighted by Gasteiger charge is -2.12. The van der Waals surface area contributed by atoms with Crippen LogP contribution in [-0.4, -0.2) is 30.0 Å². The molecule has 1 aromatic heterocycles. The van der Waals surface area contributed by atoms with E-state index in [1.54, 1.807) is 19.4 Å². The number of aliphatic hydroxyl groups is 2. The van der Waals surface area contributed by atoms with Crippen molar-refractivity contribution in [3.63, 3.8) is 0 Å². The minimum Gasteiger partial charge on any atom is -0.496 e. The summed E-state index contributed by atoms with van der Waals surface area (Å²) in [4.78, 5) is 0. The number of hydrogen-bond donors (Lipinski definition) is 2. The molecule has 1 aromatic carbocycles. The van der Waals surface area contributed by atoms with Gasteiger partial charge in [-0.05, 0) is 29.8 Å². The molecular weight excluding hydrogens is 232 g/mol. The number of methoxy groups -OCH3 is 1. The lowest BCUT2D eigenvalue weighted by molar-refractivity contribution is 0.0950. The minimum atomic E-state index is -0.806. The molecule has 0 aliphatic rings. The monoisotopic (exact) mass is 247 g/mol. The molecular formula is C14H15O4. The third-order valence-electron chi connectivity index (χ3n) is 2.66. The highest BCUT2D eigenvalue weighted by atomic mass is 16.5. The van der Waals surface area contributed by atoms with Gasteiger partial charge in [-0.2, -0.15) is 0 Å². The zero-order valence-corrected chi connectivity index (χ0v) is 10.1. The highest BCUT2D eigenvalue weighted by molar-refractivity contribution is 5.60. The predicted octanol–water partition coefficient (Wildman–Crippen LogP) is 1.65. The number of benzene rings is 1. The van der Waals surface area contributed by atoms with Gasteiger partial charge in [0.25, 0.3) is 0 Å². The van der Waals surface area contributed by atoms with Crippen LogP contribution in [0.25, 0.3) is 11.3 Å². The second-order valence-corrected chi connectivity index (χ2v) is 3.96. The molecule has 0 aliphatic heterocycles. The van der Waals surface area contributed by atoms with Crippen LogP contribution in [0.2, 0.25) is 0 Å². The highest BCUT2D eigenvalue weighted by Crippen LogP contribution is 2.27. The van der Waals surface area contributed by atoms with Crippen LogP contribution >= 0.6 is 0 Å². The molecule has 2 rings (SSSR count). The Balaban J connectivity index is 2.33. The molecule has 1 atom stereocenters. The molecule has 1 unspecified atom stereocenters. The molecule has 2 aromatic rings. The van der Waals surface area contributed by atoms with Crippen molar-refractivity contribution in [2.75, 3.05) is 13.7 Å². The summed E-state index contributed by atoms with van der Waals surface area (Å²) in [5.41, 5.74) is 1.65. The summed E-state index contributed by atoms with van der Waals surface area (Å²) >= 11 is 0. The van der Waals surface area contributed by atoms with Crippen molar-refractivity contribution in [2.45, 2.75) is 12.5 Å². The molecule has 0 spiro atoms. The third kappa shape index (κ3) is 2.72. The second kappa shape index (κ2) is 5.71. The van der Waals surface area contributed by atoms with Crippen LogP contribution in [0.1, 0.15) is 5.56 Å². The fourth-order valence-electron chi connectivity index (χ4n) is 1.78. The van der Waals surface area contributed by atoms with Crippen molar-refractivity contribution in [3.05, 3.63) is 42.2 Å². The van der Waals surface area contributed by atoms with Crippen molar-refractivity contribution in [1.29, 1.82) is 0 Å². The second-order valence-electron chi connectivity index (χ2n) is 3.96. The number of aliphatic hydroxyl groups excluding tert-OH is 2. The molecule has 0 saturated heterocycles. The van der Waals surface area contributed by atoms with Crippen LogP contribution in [-0.2, 0) is 6.42 Å². The SMILES string of the molecule is COc1[c]cc(-c2ccco2)cc1CC(O)CO. The van der Waals surface area contributed by atoms with Crippen molar-refractivity contribution in [1.82, 2.24) is 0 Å². The summed E-state index contributed by atoms with van der Waals surface area (Å²) in [6, 6.07) is 10.3. The van der Waals surface area contributed by atoms with E-state index < -0.39 is 6.10 Å². The van der Waals surface area contributed by atoms with Crippen LogP contribution in [0.4, 0.5) is 0 Å². The molecule has 4 nitrogen and oxygen atoms in total. The Morgan fingerprint density at radius 1 is 1.50 bits per heavy atom. The molecule has 1 radical (unpaired) electrons. The van der Waals surface area contributed by atoms with E-state index in [0.29, 0.717) is 12.2 Å². The Kier molecular flexibility index (Phi) is 4.02. The van der Waals surface area contributed by atoms with Gasteiger partial charge in [-0.1, -0.05) is 0 Å². The van der Waals surface area contributed by atoms with E-state index in [1.165, 1.54) is 0 Å².